The van der Waals surface area contributed by atoms with Crippen LogP contribution in [0.15, 0.2) is 30.3 Å². The van der Waals surface area contributed by atoms with Crippen molar-refractivity contribution in [1.82, 2.24) is 0 Å². The Labute approximate surface area is 128 Å². The molecule has 0 bridgehead atoms. The second kappa shape index (κ2) is 6.44. The van der Waals surface area contributed by atoms with Crippen molar-refractivity contribution < 1.29 is 0 Å². The van der Waals surface area contributed by atoms with Gasteiger partial charge in [-0.25, -0.2) is 0 Å². The Morgan fingerprint density at radius 1 is 1.10 bits per heavy atom. The largest absolute Gasteiger partial charge is 0.192 e. The maximum absolute atomic E-state index is 9.26. The molecule has 21 heavy (non-hydrogen) atoms. The molecule has 1 rings (SSSR count). The molecule has 2 nitrogen and oxygen atoms in total. The van der Waals surface area contributed by atoms with E-state index in [-0.39, 0.29) is 5.04 Å². The van der Waals surface area contributed by atoms with Gasteiger partial charge >= 0.3 is 0 Å². The average molecular weight is 292 g/mol. The second-order valence-corrected chi connectivity index (χ2v) is 11.5. The number of nitrogens with zero attached hydrogens (tertiary/aromatic N) is 2. The molecule has 106 valence electrons. The fraction of sp³-hybridized carbons (Fsp3) is 0.333. The summed E-state index contributed by atoms with van der Waals surface area (Å²) in [6.45, 7) is 11.1. The molecule has 0 fully saturated rings. The third-order valence-corrected chi connectivity index (χ3v) is 8.44. The molecule has 0 saturated heterocycles. The average Bonchev–Trinajstić information content (AvgIpc) is 2.42. The Bertz CT molecular complexity index is 678. The number of allylic oxidation sites excluding steroid dienone is 2. The molecular weight excluding hydrogens is 272 g/mol. The molecule has 0 heterocycles. The summed E-state index contributed by atoms with van der Waals surface area (Å²) in [5, 5.41) is 18.2. The summed E-state index contributed by atoms with van der Waals surface area (Å²) in [7, 11) is -1.66. The first-order chi connectivity index (χ1) is 9.71. The Balaban J connectivity index is 3.08. The van der Waals surface area contributed by atoms with Crippen LogP contribution in [0.1, 0.15) is 31.9 Å². The van der Waals surface area contributed by atoms with Crippen molar-refractivity contribution in [2.45, 2.75) is 38.9 Å². The zero-order valence-corrected chi connectivity index (χ0v) is 14.3. The van der Waals surface area contributed by atoms with Gasteiger partial charge in [-0.3, -0.25) is 0 Å². The smallest absolute Gasteiger partial charge is 0.138 e. The Morgan fingerprint density at radius 2 is 1.67 bits per heavy atom. The molecule has 0 aliphatic carbocycles. The number of hydrogen-bond acceptors (Lipinski definition) is 2. The first-order valence-electron chi connectivity index (χ1n) is 6.85. The summed E-state index contributed by atoms with van der Waals surface area (Å²) in [6.07, 6.45) is 1.68. The van der Waals surface area contributed by atoms with Gasteiger partial charge in [-0.15, -0.1) is 5.54 Å². The normalized spacial score (nSPS) is 11.9. The molecule has 0 aromatic heterocycles. The van der Waals surface area contributed by atoms with E-state index < -0.39 is 8.07 Å². The summed E-state index contributed by atoms with van der Waals surface area (Å²) in [5.74, 6) is 3.07. The molecular formula is C18H20N2Si. The lowest BCUT2D eigenvalue weighted by molar-refractivity contribution is 0.731. The maximum Gasteiger partial charge on any atom is 0.138 e. The molecule has 0 unspecified atom stereocenters. The maximum atomic E-state index is 9.26. The highest BCUT2D eigenvalue weighted by molar-refractivity contribution is 6.87. The number of rotatable bonds is 1. The van der Waals surface area contributed by atoms with Gasteiger partial charge in [0.05, 0.1) is 17.2 Å². The lowest BCUT2D eigenvalue weighted by atomic mass is 10.1. The van der Waals surface area contributed by atoms with Crippen molar-refractivity contribution >= 4 is 13.6 Å². The highest BCUT2D eigenvalue weighted by atomic mass is 28.3. The van der Waals surface area contributed by atoms with Crippen LogP contribution in [-0.4, -0.2) is 8.07 Å². The van der Waals surface area contributed by atoms with E-state index in [1.807, 2.05) is 0 Å². The predicted molar refractivity (Wildman–Crippen MR) is 89.7 cm³/mol. The van der Waals surface area contributed by atoms with Gasteiger partial charge in [0.25, 0.3) is 0 Å². The highest BCUT2D eigenvalue weighted by Crippen LogP contribution is 2.35. The van der Waals surface area contributed by atoms with Gasteiger partial charge in [0.2, 0.25) is 0 Å². The van der Waals surface area contributed by atoms with Crippen LogP contribution in [0.2, 0.25) is 18.1 Å². The van der Waals surface area contributed by atoms with Gasteiger partial charge in [0.15, 0.2) is 0 Å². The van der Waals surface area contributed by atoms with Crippen molar-refractivity contribution in [2.75, 3.05) is 0 Å². The van der Waals surface area contributed by atoms with E-state index in [0.717, 1.165) is 5.56 Å². The van der Waals surface area contributed by atoms with E-state index in [4.69, 9.17) is 5.26 Å². The summed E-state index contributed by atoms with van der Waals surface area (Å²) in [4.78, 5) is 0. The molecule has 1 aromatic carbocycles. The summed E-state index contributed by atoms with van der Waals surface area (Å²) < 4.78 is 0. The Hall–Kier alpha value is -2.28. The molecule has 0 saturated carbocycles. The van der Waals surface area contributed by atoms with Crippen LogP contribution in [0, 0.1) is 34.1 Å². The third-order valence-electron chi connectivity index (χ3n) is 3.92. The minimum absolute atomic E-state index is 0.203. The SMILES string of the molecule is CC(C)(C)[Si](C)(C)C#C/C=C(\C#N)c1ccc(C#N)cc1. The molecule has 0 aliphatic heterocycles. The molecule has 0 radical (unpaired) electrons. The lowest BCUT2D eigenvalue weighted by Crippen LogP contribution is -2.35. The molecule has 0 atom stereocenters. The Kier molecular flexibility index (Phi) is 5.15. The Morgan fingerprint density at radius 3 is 2.10 bits per heavy atom. The van der Waals surface area contributed by atoms with E-state index in [2.05, 4.69) is 57.5 Å². The minimum atomic E-state index is -1.66. The van der Waals surface area contributed by atoms with Crippen molar-refractivity contribution in [3.8, 4) is 23.6 Å². The van der Waals surface area contributed by atoms with Crippen LogP contribution in [0.25, 0.3) is 5.57 Å². The fourth-order valence-corrected chi connectivity index (χ4v) is 2.19. The van der Waals surface area contributed by atoms with E-state index >= 15 is 0 Å². The van der Waals surface area contributed by atoms with Crippen LogP contribution >= 0.6 is 0 Å². The van der Waals surface area contributed by atoms with Crippen molar-refractivity contribution in [2.24, 2.45) is 0 Å². The highest BCUT2D eigenvalue weighted by Gasteiger charge is 2.33. The van der Waals surface area contributed by atoms with Crippen LogP contribution in [-0.2, 0) is 0 Å². The third kappa shape index (κ3) is 4.35. The second-order valence-electron chi connectivity index (χ2n) is 6.50. The van der Waals surface area contributed by atoms with Crippen LogP contribution in [0.5, 0.6) is 0 Å². The number of nitriles is 2. The first-order valence-corrected chi connectivity index (χ1v) is 9.85. The van der Waals surface area contributed by atoms with E-state index in [9.17, 15) is 5.26 Å². The molecule has 3 heteroatoms. The number of hydrogen-bond donors (Lipinski definition) is 0. The van der Waals surface area contributed by atoms with Crippen molar-refractivity contribution in [3.05, 3.63) is 41.5 Å². The van der Waals surface area contributed by atoms with Gasteiger partial charge in [-0.2, -0.15) is 10.5 Å². The van der Waals surface area contributed by atoms with Crippen LogP contribution < -0.4 is 0 Å². The quantitative estimate of drug-likeness (QED) is 0.434. The van der Waals surface area contributed by atoms with Crippen molar-refractivity contribution in [3.63, 3.8) is 0 Å². The van der Waals surface area contributed by atoms with Gasteiger partial charge in [-0.05, 0) is 22.7 Å². The minimum Gasteiger partial charge on any atom is -0.192 e. The lowest BCUT2D eigenvalue weighted by Gasteiger charge is -2.31. The summed E-state index contributed by atoms with van der Waals surface area (Å²) in [5.41, 5.74) is 5.28. The molecule has 0 spiro atoms. The first kappa shape index (κ1) is 16.8. The monoisotopic (exact) mass is 292 g/mol. The van der Waals surface area contributed by atoms with Gasteiger partial charge < -0.3 is 0 Å². The van der Waals surface area contributed by atoms with E-state index in [1.165, 1.54) is 0 Å². The fourth-order valence-electron chi connectivity index (χ4n) is 1.38. The summed E-state index contributed by atoms with van der Waals surface area (Å²) in [6, 6.07) is 11.2. The van der Waals surface area contributed by atoms with Gasteiger partial charge in [0, 0.05) is 6.08 Å². The van der Waals surface area contributed by atoms with Crippen molar-refractivity contribution in [1.29, 1.82) is 10.5 Å². The topological polar surface area (TPSA) is 47.6 Å². The van der Waals surface area contributed by atoms with E-state index in [0.29, 0.717) is 11.1 Å². The van der Waals surface area contributed by atoms with Crippen LogP contribution in [0.3, 0.4) is 0 Å². The van der Waals surface area contributed by atoms with Gasteiger partial charge in [0.1, 0.15) is 14.1 Å². The summed E-state index contributed by atoms with van der Waals surface area (Å²) >= 11 is 0. The zero-order chi connectivity index (χ0) is 16.1. The predicted octanol–water partition coefficient (Wildman–Crippen LogP) is 4.52. The zero-order valence-electron chi connectivity index (χ0n) is 13.3. The molecule has 0 amide bonds. The van der Waals surface area contributed by atoms with Gasteiger partial charge in [-0.1, -0.05) is 51.9 Å². The number of benzene rings is 1. The van der Waals surface area contributed by atoms with E-state index in [1.54, 1.807) is 30.3 Å². The molecule has 1 aromatic rings. The molecule has 0 N–H and O–H groups in total. The standard InChI is InChI=1S/C18H20N2Si/c1-18(2,3)21(4,5)12-6-7-17(14-20)16-10-8-15(13-19)9-11-16/h7-11H,1-5H3/b17-7+. The molecule has 0 aliphatic rings. The van der Waals surface area contributed by atoms with Crippen LogP contribution in [0.4, 0.5) is 0 Å².